The molecule has 0 spiro atoms. The molecule has 0 N–H and O–H groups in total. The molecule has 0 radical (unpaired) electrons. The van der Waals surface area contributed by atoms with Crippen molar-refractivity contribution < 1.29 is 4.79 Å². The Morgan fingerprint density at radius 3 is 2.56 bits per heavy atom. The summed E-state index contributed by atoms with van der Waals surface area (Å²) >= 11 is 3.00. The van der Waals surface area contributed by atoms with E-state index >= 15 is 0 Å². The van der Waals surface area contributed by atoms with E-state index in [9.17, 15) is 4.79 Å². The SMILES string of the molecule is Cc1ccc(C(=O)CSc2nnc(N3CCCCC3)n2-c2ccccc2)s1. The van der Waals surface area contributed by atoms with Gasteiger partial charge in [-0.2, -0.15) is 0 Å². The molecule has 7 heteroatoms. The summed E-state index contributed by atoms with van der Waals surface area (Å²) in [6, 6.07) is 14.1. The summed E-state index contributed by atoms with van der Waals surface area (Å²) < 4.78 is 2.09. The minimum atomic E-state index is 0.139. The van der Waals surface area contributed by atoms with Crippen LogP contribution in [0.5, 0.6) is 0 Å². The minimum Gasteiger partial charge on any atom is -0.341 e. The number of anilines is 1. The van der Waals surface area contributed by atoms with Crippen molar-refractivity contribution in [2.75, 3.05) is 23.7 Å². The van der Waals surface area contributed by atoms with Crippen LogP contribution in [0, 0.1) is 6.92 Å². The Balaban J connectivity index is 1.60. The number of benzene rings is 1. The molecule has 0 saturated carbocycles. The Labute approximate surface area is 167 Å². The number of nitrogens with zero attached hydrogens (tertiary/aromatic N) is 4. The molecule has 0 aliphatic carbocycles. The average molecular weight is 399 g/mol. The van der Waals surface area contributed by atoms with Crippen LogP contribution >= 0.6 is 23.1 Å². The molecular formula is C20H22N4OS2. The predicted molar refractivity (Wildman–Crippen MR) is 112 cm³/mol. The third-order valence-electron chi connectivity index (χ3n) is 4.62. The number of hydrogen-bond acceptors (Lipinski definition) is 6. The van der Waals surface area contributed by atoms with Gasteiger partial charge >= 0.3 is 0 Å². The van der Waals surface area contributed by atoms with Crippen LogP contribution in [0.4, 0.5) is 5.95 Å². The molecular weight excluding hydrogens is 376 g/mol. The molecule has 1 aliphatic heterocycles. The van der Waals surface area contributed by atoms with E-state index in [1.165, 1.54) is 31.0 Å². The smallest absolute Gasteiger partial charge is 0.232 e. The molecule has 2 aromatic heterocycles. The second-order valence-corrected chi connectivity index (χ2v) is 8.85. The number of para-hydroxylation sites is 1. The molecule has 5 nitrogen and oxygen atoms in total. The number of thiophene rings is 1. The maximum Gasteiger partial charge on any atom is 0.232 e. The lowest BCUT2D eigenvalue weighted by Crippen LogP contribution is -2.31. The third kappa shape index (κ3) is 4.09. The summed E-state index contributed by atoms with van der Waals surface area (Å²) in [4.78, 5) is 16.8. The number of Topliss-reactive ketones (excluding diaryl/α,β-unsaturated/α-hetero) is 1. The van der Waals surface area contributed by atoms with Crippen LogP contribution in [0.25, 0.3) is 5.69 Å². The van der Waals surface area contributed by atoms with Gasteiger partial charge in [-0.1, -0.05) is 30.0 Å². The highest BCUT2D eigenvalue weighted by molar-refractivity contribution is 7.99. The fourth-order valence-corrected chi connectivity index (χ4v) is 4.97. The number of piperidine rings is 1. The first-order valence-corrected chi connectivity index (χ1v) is 11.0. The van der Waals surface area contributed by atoms with E-state index in [1.807, 2.05) is 37.3 Å². The van der Waals surface area contributed by atoms with Crippen molar-refractivity contribution in [2.45, 2.75) is 31.3 Å². The first-order chi connectivity index (χ1) is 13.2. The summed E-state index contributed by atoms with van der Waals surface area (Å²) in [7, 11) is 0. The first kappa shape index (κ1) is 18.3. The molecule has 0 bridgehead atoms. The number of carbonyl (C=O) groups excluding carboxylic acids is 1. The van der Waals surface area contributed by atoms with Gasteiger partial charge < -0.3 is 4.90 Å². The van der Waals surface area contributed by atoms with Crippen molar-refractivity contribution >= 4 is 34.8 Å². The van der Waals surface area contributed by atoms with E-state index in [0.717, 1.165) is 39.6 Å². The number of rotatable bonds is 6. The number of ketones is 1. The number of aromatic nitrogens is 3. The number of hydrogen-bond donors (Lipinski definition) is 0. The normalized spacial score (nSPS) is 14.5. The standard InChI is InChI=1S/C20H22N4OS2/c1-15-10-11-18(27-15)17(25)14-26-20-22-21-19(23-12-6-3-7-13-23)24(20)16-8-4-2-5-9-16/h2,4-5,8-11H,3,6-7,12-14H2,1H3. The lowest BCUT2D eigenvalue weighted by atomic mass is 10.1. The van der Waals surface area contributed by atoms with Gasteiger partial charge in [0, 0.05) is 18.0 Å². The Hall–Kier alpha value is -2.12. The molecule has 0 atom stereocenters. The Kier molecular flexibility index (Phi) is 5.59. The highest BCUT2D eigenvalue weighted by Gasteiger charge is 2.22. The zero-order valence-electron chi connectivity index (χ0n) is 15.3. The van der Waals surface area contributed by atoms with Gasteiger partial charge in [0.05, 0.1) is 16.3 Å². The zero-order chi connectivity index (χ0) is 18.6. The van der Waals surface area contributed by atoms with Gasteiger partial charge in [-0.05, 0) is 50.5 Å². The molecule has 4 rings (SSSR count). The molecule has 140 valence electrons. The lowest BCUT2D eigenvalue weighted by molar-refractivity contribution is 0.102. The minimum absolute atomic E-state index is 0.139. The molecule has 1 fully saturated rings. The third-order valence-corrected chi connectivity index (χ3v) is 6.59. The number of aryl methyl sites for hydroxylation is 1. The highest BCUT2D eigenvalue weighted by Crippen LogP contribution is 2.29. The summed E-state index contributed by atoms with van der Waals surface area (Å²) in [5.74, 6) is 1.38. The maximum atomic E-state index is 12.5. The molecule has 1 saturated heterocycles. The van der Waals surface area contributed by atoms with Crippen molar-refractivity contribution in [3.05, 3.63) is 52.2 Å². The molecule has 3 aromatic rings. The summed E-state index contributed by atoms with van der Waals surface area (Å²) in [6.45, 7) is 4.03. The monoisotopic (exact) mass is 398 g/mol. The van der Waals surface area contributed by atoms with Gasteiger partial charge in [-0.25, -0.2) is 0 Å². The van der Waals surface area contributed by atoms with Crippen molar-refractivity contribution in [2.24, 2.45) is 0 Å². The van der Waals surface area contributed by atoms with Crippen molar-refractivity contribution in [1.82, 2.24) is 14.8 Å². The van der Waals surface area contributed by atoms with Gasteiger partial charge in [-0.3, -0.25) is 9.36 Å². The number of carbonyl (C=O) groups is 1. The van der Waals surface area contributed by atoms with Crippen LogP contribution in [0.1, 0.15) is 33.8 Å². The van der Waals surface area contributed by atoms with Crippen LogP contribution < -0.4 is 4.90 Å². The maximum absolute atomic E-state index is 12.5. The topological polar surface area (TPSA) is 51.0 Å². The van der Waals surface area contributed by atoms with Crippen molar-refractivity contribution in [3.8, 4) is 5.69 Å². The van der Waals surface area contributed by atoms with Crippen LogP contribution in [0.3, 0.4) is 0 Å². The van der Waals surface area contributed by atoms with Gasteiger partial charge in [-0.15, -0.1) is 21.5 Å². The molecule has 0 unspecified atom stereocenters. The molecule has 1 aromatic carbocycles. The largest absolute Gasteiger partial charge is 0.341 e. The molecule has 1 aliphatic rings. The Bertz CT molecular complexity index is 913. The van der Waals surface area contributed by atoms with Crippen LogP contribution in [0.2, 0.25) is 0 Å². The lowest BCUT2D eigenvalue weighted by Gasteiger charge is -2.27. The second kappa shape index (κ2) is 8.27. The van der Waals surface area contributed by atoms with E-state index in [-0.39, 0.29) is 5.78 Å². The van der Waals surface area contributed by atoms with Crippen molar-refractivity contribution in [1.29, 1.82) is 0 Å². The number of thioether (sulfide) groups is 1. The highest BCUT2D eigenvalue weighted by atomic mass is 32.2. The van der Waals surface area contributed by atoms with E-state index in [4.69, 9.17) is 0 Å². The van der Waals surface area contributed by atoms with E-state index in [2.05, 4.69) is 31.8 Å². The quantitative estimate of drug-likeness (QED) is 0.449. The summed E-state index contributed by atoms with van der Waals surface area (Å²) in [5, 5.41) is 9.67. The molecule has 27 heavy (non-hydrogen) atoms. The van der Waals surface area contributed by atoms with Crippen LogP contribution in [-0.4, -0.2) is 39.4 Å². The molecule has 0 amide bonds. The van der Waals surface area contributed by atoms with E-state index in [0.29, 0.717) is 5.75 Å². The summed E-state index contributed by atoms with van der Waals surface area (Å²) in [5.41, 5.74) is 1.03. The van der Waals surface area contributed by atoms with Gasteiger partial charge in [0.2, 0.25) is 5.95 Å². The van der Waals surface area contributed by atoms with E-state index < -0.39 is 0 Å². The summed E-state index contributed by atoms with van der Waals surface area (Å²) in [6.07, 6.45) is 3.63. The van der Waals surface area contributed by atoms with Gasteiger partial charge in [0.1, 0.15) is 0 Å². The van der Waals surface area contributed by atoms with Crippen LogP contribution in [0.15, 0.2) is 47.6 Å². The molecule has 3 heterocycles. The zero-order valence-corrected chi connectivity index (χ0v) is 16.9. The van der Waals surface area contributed by atoms with E-state index in [1.54, 1.807) is 11.3 Å². The van der Waals surface area contributed by atoms with Crippen molar-refractivity contribution in [3.63, 3.8) is 0 Å². The first-order valence-electron chi connectivity index (χ1n) is 9.20. The second-order valence-electron chi connectivity index (χ2n) is 6.62. The van der Waals surface area contributed by atoms with Crippen LogP contribution in [-0.2, 0) is 0 Å². The van der Waals surface area contributed by atoms with Gasteiger partial charge in [0.15, 0.2) is 10.9 Å². The van der Waals surface area contributed by atoms with Gasteiger partial charge in [0.25, 0.3) is 0 Å². The average Bonchev–Trinajstić information content (AvgIpc) is 3.34. The Morgan fingerprint density at radius 1 is 1.07 bits per heavy atom. The fraction of sp³-hybridized carbons (Fsp3) is 0.350. The predicted octanol–water partition coefficient (Wildman–Crippen LogP) is 4.60. The Morgan fingerprint density at radius 2 is 1.85 bits per heavy atom. The fourth-order valence-electron chi connectivity index (χ4n) is 3.24.